The fraction of sp³-hybridized carbons (Fsp3) is 0.0769. The van der Waals surface area contributed by atoms with Crippen LogP contribution in [0.1, 0.15) is 5.69 Å². The number of H-pyrrole nitrogens is 1. The second-order valence-electron chi connectivity index (χ2n) is 4.11. The van der Waals surface area contributed by atoms with Crippen LogP contribution in [-0.4, -0.2) is 19.7 Å². The molecule has 3 rings (SSSR count). The summed E-state index contributed by atoms with van der Waals surface area (Å²) in [5, 5.41) is 8.38. The number of hydrogen-bond donors (Lipinski definition) is 1. The summed E-state index contributed by atoms with van der Waals surface area (Å²) in [5.41, 5.74) is 0.710. The zero-order chi connectivity index (χ0) is 13.9. The molecule has 2 heterocycles. The molecule has 1 N–H and O–H groups in total. The van der Waals surface area contributed by atoms with E-state index in [1.54, 1.807) is 0 Å². The van der Waals surface area contributed by atoms with Crippen LogP contribution >= 0.6 is 11.3 Å². The minimum Gasteiger partial charge on any atom is -0.267 e. The normalized spacial score (nSPS) is 10.6. The zero-order valence-corrected chi connectivity index (χ0v) is 11.1. The lowest BCUT2D eigenvalue weighted by molar-refractivity contribution is 0.659. The Bertz CT molecular complexity index is 807. The molecule has 0 unspecified atom stereocenters. The average Bonchev–Trinajstić information content (AvgIpc) is 2.93. The van der Waals surface area contributed by atoms with Gasteiger partial charge in [-0.15, -0.1) is 11.3 Å². The highest BCUT2D eigenvalue weighted by atomic mass is 32.1. The standard InChI is InChI=1S/C13H10N4O2S/c18-11-6-14-16-13(19)17(11)7-10-8-20-12(15-10)9-4-2-1-3-5-9/h1-6,8H,7H2,(H,16,19). The van der Waals surface area contributed by atoms with Gasteiger partial charge in [0.15, 0.2) is 0 Å². The quantitative estimate of drug-likeness (QED) is 0.782. The first-order valence-electron chi connectivity index (χ1n) is 5.88. The molecule has 2 aromatic heterocycles. The van der Waals surface area contributed by atoms with Gasteiger partial charge in [0.1, 0.15) is 11.2 Å². The van der Waals surface area contributed by atoms with Crippen LogP contribution in [0.3, 0.4) is 0 Å². The number of thiazole rings is 1. The molecule has 0 saturated heterocycles. The summed E-state index contributed by atoms with van der Waals surface area (Å²) in [6.45, 7) is 0.139. The molecule has 3 aromatic rings. The largest absolute Gasteiger partial charge is 0.345 e. The van der Waals surface area contributed by atoms with E-state index >= 15 is 0 Å². The topological polar surface area (TPSA) is 80.6 Å². The third-order valence-corrected chi connectivity index (χ3v) is 3.68. The van der Waals surface area contributed by atoms with Crippen LogP contribution in [0.5, 0.6) is 0 Å². The SMILES string of the molecule is O=c1cn[nH]c(=O)n1Cc1csc(-c2ccccc2)n1. The Balaban J connectivity index is 1.92. The van der Waals surface area contributed by atoms with Crippen molar-refractivity contribution >= 4 is 11.3 Å². The Hall–Kier alpha value is -2.54. The molecule has 0 aliphatic rings. The van der Waals surface area contributed by atoms with E-state index in [0.29, 0.717) is 5.69 Å². The third-order valence-electron chi connectivity index (χ3n) is 2.74. The van der Waals surface area contributed by atoms with Crippen LogP contribution < -0.4 is 11.2 Å². The van der Waals surface area contributed by atoms with E-state index in [-0.39, 0.29) is 6.54 Å². The summed E-state index contributed by atoms with van der Waals surface area (Å²) in [6, 6.07) is 9.75. The van der Waals surface area contributed by atoms with Gasteiger partial charge in [-0.05, 0) is 0 Å². The van der Waals surface area contributed by atoms with Gasteiger partial charge in [-0.1, -0.05) is 30.3 Å². The van der Waals surface area contributed by atoms with Gasteiger partial charge in [0.25, 0.3) is 5.56 Å². The molecule has 0 aliphatic carbocycles. The van der Waals surface area contributed by atoms with Crippen molar-refractivity contribution in [2.75, 3.05) is 0 Å². The number of aromatic nitrogens is 4. The molecule has 1 aromatic carbocycles. The Labute approximate surface area is 117 Å². The van der Waals surface area contributed by atoms with Gasteiger partial charge in [0.2, 0.25) is 0 Å². The molecule has 0 aliphatic heterocycles. The lowest BCUT2D eigenvalue weighted by atomic mass is 10.2. The van der Waals surface area contributed by atoms with Crippen LogP contribution in [-0.2, 0) is 6.54 Å². The van der Waals surface area contributed by atoms with Gasteiger partial charge < -0.3 is 0 Å². The van der Waals surface area contributed by atoms with E-state index in [2.05, 4.69) is 15.2 Å². The number of nitrogens with zero attached hydrogens (tertiary/aromatic N) is 3. The number of benzene rings is 1. The zero-order valence-electron chi connectivity index (χ0n) is 10.3. The number of hydrogen-bond acceptors (Lipinski definition) is 5. The minimum absolute atomic E-state index is 0.139. The van der Waals surface area contributed by atoms with Crippen LogP contribution in [0.15, 0.2) is 51.5 Å². The van der Waals surface area contributed by atoms with E-state index in [1.807, 2.05) is 35.7 Å². The molecule has 0 bridgehead atoms. The molecule has 20 heavy (non-hydrogen) atoms. The van der Waals surface area contributed by atoms with Crippen molar-refractivity contribution in [3.63, 3.8) is 0 Å². The summed E-state index contributed by atoms with van der Waals surface area (Å²) in [5.74, 6) is 0. The van der Waals surface area contributed by atoms with Crippen molar-refractivity contribution in [1.82, 2.24) is 19.7 Å². The minimum atomic E-state index is -0.535. The van der Waals surface area contributed by atoms with Crippen molar-refractivity contribution < 1.29 is 0 Å². The summed E-state index contributed by atoms with van der Waals surface area (Å²) < 4.78 is 1.07. The van der Waals surface area contributed by atoms with Crippen molar-refractivity contribution in [2.24, 2.45) is 0 Å². The Morgan fingerprint density at radius 3 is 2.75 bits per heavy atom. The molecule has 0 amide bonds. The van der Waals surface area contributed by atoms with Crippen LogP contribution in [0.25, 0.3) is 10.6 Å². The van der Waals surface area contributed by atoms with E-state index in [4.69, 9.17) is 0 Å². The summed E-state index contributed by atoms with van der Waals surface area (Å²) in [6.07, 6.45) is 1.08. The van der Waals surface area contributed by atoms with Gasteiger partial charge >= 0.3 is 5.69 Å². The van der Waals surface area contributed by atoms with Crippen LogP contribution in [0.2, 0.25) is 0 Å². The van der Waals surface area contributed by atoms with Gasteiger partial charge in [-0.3, -0.25) is 9.36 Å². The molecule has 100 valence electrons. The Morgan fingerprint density at radius 2 is 2.00 bits per heavy atom. The number of nitrogens with one attached hydrogen (secondary N) is 1. The second kappa shape index (κ2) is 5.22. The lowest BCUT2D eigenvalue weighted by Crippen LogP contribution is -2.35. The Morgan fingerprint density at radius 1 is 1.20 bits per heavy atom. The summed E-state index contributed by atoms with van der Waals surface area (Å²) in [4.78, 5) is 27.6. The predicted molar refractivity (Wildman–Crippen MR) is 75.8 cm³/mol. The highest BCUT2D eigenvalue weighted by Gasteiger charge is 2.07. The molecule has 0 radical (unpaired) electrons. The fourth-order valence-electron chi connectivity index (χ4n) is 1.78. The predicted octanol–water partition coefficient (Wildman–Crippen LogP) is 1.10. The van der Waals surface area contributed by atoms with Gasteiger partial charge in [0, 0.05) is 10.9 Å². The first kappa shape index (κ1) is 12.5. The van der Waals surface area contributed by atoms with Gasteiger partial charge in [0.05, 0.1) is 12.2 Å². The summed E-state index contributed by atoms with van der Waals surface area (Å²) >= 11 is 1.48. The fourth-order valence-corrected chi connectivity index (χ4v) is 2.59. The smallest absolute Gasteiger partial charge is 0.267 e. The molecule has 0 saturated carbocycles. The molecule has 6 nitrogen and oxygen atoms in total. The molecule has 7 heteroatoms. The van der Waals surface area contributed by atoms with E-state index in [0.717, 1.165) is 21.3 Å². The first-order chi connectivity index (χ1) is 9.74. The van der Waals surface area contributed by atoms with Crippen LogP contribution in [0, 0.1) is 0 Å². The van der Waals surface area contributed by atoms with Gasteiger partial charge in [-0.25, -0.2) is 14.9 Å². The highest BCUT2D eigenvalue weighted by Crippen LogP contribution is 2.23. The van der Waals surface area contributed by atoms with Crippen molar-refractivity contribution in [3.05, 3.63) is 68.4 Å². The molecular weight excluding hydrogens is 276 g/mol. The third kappa shape index (κ3) is 2.43. The van der Waals surface area contributed by atoms with Gasteiger partial charge in [-0.2, -0.15) is 5.10 Å². The van der Waals surface area contributed by atoms with E-state index < -0.39 is 11.2 Å². The monoisotopic (exact) mass is 286 g/mol. The van der Waals surface area contributed by atoms with E-state index in [1.165, 1.54) is 11.3 Å². The van der Waals surface area contributed by atoms with Crippen molar-refractivity contribution in [1.29, 1.82) is 0 Å². The lowest BCUT2D eigenvalue weighted by Gasteiger charge is -1.99. The molecule has 0 fully saturated rings. The average molecular weight is 286 g/mol. The maximum atomic E-state index is 11.6. The van der Waals surface area contributed by atoms with Crippen molar-refractivity contribution in [2.45, 2.75) is 6.54 Å². The van der Waals surface area contributed by atoms with Crippen LogP contribution in [0.4, 0.5) is 0 Å². The first-order valence-corrected chi connectivity index (χ1v) is 6.76. The van der Waals surface area contributed by atoms with E-state index in [9.17, 15) is 9.59 Å². The molecule has 0 atom stereocenters. The molecular formula is C13H10N4O2S. The molecule has 0 spiro atoms. The number of rotatable bonds is 3. The highest BCUT2D eigenvalue weighted by molar-refractivity contribution is 7.13. The second-order valence-corrected chi connectivity index (χ2v) is 4.97. The maximum absolute atomic E-state index is 11.6. The maximum Gasteiger partial charge on any atom is 0.345 e. The summed E-state index contributed by atoms with van der Waals surface area (Å²) in [7, 11) is 0. The van der Waals surface area contributed by atoms with Crippen molar-refractivity contribution in [3.8, 4) is 10.6 Å². The number of aromatic amines is 1. The Kier molecular flexibility index (Phi) is 3.26.